The van der Waals surface area contributed by atoms with E-state index in [-0.39, 0.29) is 12.3 Å². The molecule has 0 saturated heterocycles. The highest BCUT2D eigenvalue weighted by molar-refractivity contribution is 5.92. The fourth-order valence-corrected chi connectivity index (χ4v) is 3.29. The van der Waals surface area contributed by atoms with Gasteiger partial charge in [-0.2, -0.15) is 0 Å². The lowest BCUT2D eigenvalue weighted by Gasteiger charge is -2.13. The zero-order valence-corrected chi connectivity index (χ0v) is 20.1. The van der Waals surface area contributed by atoms with Crippen molar-refractivity contribution in [2.45, 2.75) is 46.6 Å². The fourth-order valence-electron chi connectivity index (χ4n) is 3.29. The number of carbonyl (C=O) groups is 2. The second-order valence-electron chi connectivity index (χ2n) is 7.90. The first kappa shape index (κ1) is 26.5. The number of nitrogens with one attached hydrogen (secondary N) is 1. The SMILES string of the molecule is C=CC/C(C)=C(\OC/C=C\C)C(=O)NCc1cccc(Oc2ccc(CCC(=O)O)c(C)c2)c1. The molecule has 34 heavy (non-hydrogen) atoms. The van der Waals surface area contributed by atoms with E-state index in [1.807, 2.05) is 75.4 Å². The average Bonchev–Trinajstić information content (AvgIpc) is 2.80. The van der Waals surface area contributed by atoms with Crippen LogP contribution in [0.2, 0.25) is 0 Å². The topological polar surface area (TPSA) is 84.9 Å². The molecule has 2 N–H and O–H groups in total. The minimum atomic E-state index is -0.813. The van der Waals surface area contributed by atoms with Crippen LogP contribution in [0.15, 0.2) is 78.6 Å². The van der Waals surface area contributed by atoms with Gasteiger partial charge >= 0.3 is 5.97 Å². The minimum Gasteiger partial charge on any atom is -0.484 e. The quantitative estimate of drug-likeness (QED) is 0.221. The number of carboxylic acid groups (broad SMARTS) is 1. The van der Waals surface area contributed by atoms with Gasteiger partial charge in [-0.1, -0.05) is 36.4 Å². The molecule has 0 aliphatic rings. The van der Waals surface area contributed by atoms with Crippen molar-refractivity contribution >= 4 is 11.9 Å². The zero-order chi connectivity index (χ0) is 24.9. The third kappa shape index (κ3) is 8.62. The summed E-state index contributed by atoms with van der Waals surface area (Å²) in [7, 11) is 0. The molecule has 6 heteroatoms. The van der Waals surface area contributed by atoms with E-state index in [1.54, 1.807) is 6.08 Å². The first-order valence-electron chi connectivity index (χ1n) is 11.2. The Kier molecular flexibility index (Phi) is 10.6. The molecule has 180 valence electrons. The standard InChI is InChI=1S/C28H33NO5/c1-5-7-16-33-27(20(3)9-6-2)28(32)29-19-22-10-8-11-24(18-22)34-25-14-12-23(21(4)17-25)13-15-26(30)31/h5-8,10-12,14,17-18H,2,9,13,15-16,19H2,1,3-4H3,(H,29,32)(H,30,31)/b7-5-,27-20-. The third-order valence-corrected chi connectivity index (χ3v) is 5.11. The molecular weight excluding hydrogens is 430 g/mol. The number of benzene rings is 2. The van der Waals surface area contributed by atoms with Crippen molar-refractivity contribution in [2.75, 3.05) is 6.61 Å². The van der Waals surface area contributed by atoms with Gasteiger partial charge in [-0.25, -0.2) is 0 Å². The van der Waals surface area contributed by atoms with Gasteiger partial charge in [-0.05, 0) is 80.1 Å². The van der Waals surface area contributed by atoms with E-state index in [1.165, 1.54) is 0 Å². The second kappa shape index (κ2) is 13.7. The zero-order valence-electron chi connectivity index (χ0n) is 20.1. The molecule has 0 fully saturated rings. The fraction of sp³-hybridized carbons (Fsp3) is 0.286. The number of hydrogen-bond donors (Lipinski definition) is 2. The summed E-state index contributed by atoms with van der Waals surface area (Å²) in [5, 5.41) is 11.8. The molecule has 0 aliphatic heterocycles. The second-order valence-corrected chi connectivity index (χ2v) is 7.90. The number of hydrogen-bond acceptors (Lipinski definition) is 4. The maximum atomic E-state index is 12.7. The van der Waals surface area contributed by atoms with Crippen molar-refractivity contribution in [2.24, 2.45) is 0 Å². The van der Waals surface area contributed by atoms with Crippen LogP contribution in [-0.4, -0.2) is 23.6 Å². The van der Waals surface area contributed by atoms with Gasteiger partial charge in [0.25, 0.3) is 5.91 Å². The largest absolute Gasteiger partial charge is 0.484 e. The number of ether oxygens (including phenoxy) is 2. The normalized spacial score (nSPS) is 11.6. The maximum Gasteiger partial charge on any atom is 0.303 e. The highest BCUT2D eigenvalue weighted by atomic mass is 16.5. The van der Waals surface area contributed by atoms with Gasteiger partial charge < -0.3 is 19.9 Å². The lowest BCUT2D eigenvalue weighted by molar-refractivity contribution is -0.137. The van der Waals surface area contributed by atoms with E-state index in [0.29, 0.717) is 43.3 Å². The van der Waals surface area contributed by atoms with E-state index in [2.05, 4.69) is 11.9 Å². The minimum absolute atomic E-state index is 0.0964. The molecule has 2 aromatic carbocycles. The summed E-state index contributed by atoms with van der Waals surface area (Å²) in [5.74, 6) is 0.533. The molecule has 0 unspecified atom stereocenters. The first-order chi connectivity index (χ1) is 16.3. The summed E-state index contributed by atoms with van der Waals surface area (Å²) in [6.07, 6.45) is 6.60. The highest BCUT2D eigenvalue weighted by Crippen LogP contribution is 2.25. The predicted molar refractivity (Wildman–Crippen MR) is 134 cm³/mol. The van der Waals surface area contributed by atoms with Gasteiger partial charge in [0.2, 0.25) is 0 Å². The van der Waals surface area contributed by atoms with E-state index in [9.17, 15) is 9.59 Å². The van der Waals surface area contributed by atoms with Crippen LogP contribution in [0.5, 0.6) is 11.5 Å². The molecule has 0 atom stereocenters. The van der Waals surface area contributed by atoms with E-state index in [4.69, 9.17) is 14.6 Å². The monoisotopic (exact) mass is 463 g/mol. The Balaban J connectivity index is 2.04. The Morgan fingerprint density at radius 2 is 1.91 bits per heavy atom. The number of amides is 1. The number of carbonyl (C=O) groups excluding carboxylic acids is 1. The predicted octanol–water partition coefficient (Wildman–Crippen LogP) is 5.86. The van der Waals surface area contributed by atoms with Crippen LogP contribution in [0.25, 0.3) is 0 Å². The highest BCUT2D eigenvalue weighted by Gasteiger charge is 2.14. The van der Waals surface area contributed by atoms with Crippen LogP contribution in [0, 0.1) is 6.92 Å². The van der Waals surface area contributed by atoms with Crippen molar-refractivity contribution in [1.29, 1.82) is 0 Å². The molecule has 0 saturated carbocycles. The van der Waals surface area contributed by atoms with Crippen LogP contribution in [0.1, 0.15) is 43.4 Å². The number of allylic oxidation sites excluding steroid dienone is 3. The van der Waals surface area contributed by atoms with Crippen molar-refractivity contribution < 1.29 is 24.2 Å². The average molecular weight is 464 g/mol. The lowest BCUT2D eigenvalue weighted by Crippen LogP contribution is -2.26. The van der Waals surface area contributed by atoms with Gasteiger partial charge in [-0.3, -0.25) is 9.59 Å². The molecule has 2 rings (SSSR count). The molecular formula is C28H33NO5. The van der Waals surface area contributed by atoms with Gasteiger partial charge in [0.15, 0.2) is 5.76 Å². The van der Waals surface area contributed by atoms with E-state index >= 15 is 0 Å². The summed E-state index contributed by atoms with van der Waals surface area (Å²) in [5.41, 5.74) is 3.67. The molecule has 6 nitrogen and oxygen atoms in total. The number of rotatable bonds is 13. The molecule has 0 aliphatic carbocycles. The van der Waals surface area contributed by atoms with Gasteiger partial charge in [0.1, 0.15) is 18.1 Å². The summed E-state index contributed by atoms with van der Waals surface area (Å²) in [6, 6.07) is 13.1. The van der Waals surface area contributed by atoms with Crippen LogP contribution in [0.4, 0.5) is 0 Å². The van der Waals surface area contributed by atoms with Crippen LogP contribution >= 0.6 is 0 Å². The summed E-state index contributed by atoms with van der Waals surface area (Å²) in [4.78, 5) is 23.6. The molecule has 0 aromatic heterocycles. The van der Waals surface area contributed by atoms with Crippen LogP contribution in [-0.2, 0) is 27.3 Å². The number of aryl methyl sites for hydroxylation is 2. The van der Waals surface area contributed by atoms with Crippen molar-refractivity contribution in [3.8, 4) is 11.5 Å². The molecule has 0 spiro atoms. The Bertz CT molecular complexity index is 1070. The van der Waals surface area contributed by atoms with Gasteiger partial charge in [-0.15, -0.1) is 6.58 Å². The molecule has 0 radical (unpaired) electrons. The van der Waals surface area contributed by atoms with E-state index < -0.39 is 5.97 Å². The molecule has 2 aromatic rings. The number of carboxylic acids is 1. The summed E-state index contributed by atoms with van der Waals surface area (Å²) in [6.45, 7) is 10.1. The molecule has 0 bridgehead atoms. The Hall–Kier alpha value is -3.80. The lowest BCUT2D eigenvalue weighted by atomic mass is 10.0. The van der Waals surface area contributed by atoms with E-state index in [0.717, 1.165) is 22.3 Å². The summed E-state index contributed by atoms with van der Waals surface area (Å²) >= 11 is 0. The van der Waals surface area contributed by atoms with Crippen molar-refractivity contribution in [3.05, 3.63) is 95.3 Å². The van der Waals surface area contributed by atoms with Crippen molar-refractivity contribution in [1.82, 2.24) is 5.32 Å². The smallest absolute Gasteiger partial charge is 0.303 e. The van der Waals surface area contributed by atoms with Crippen LogP contribution < -0.4 is 10.1 Å². The third-order valence-electron chi connectivity index (χ3n) is 5.11. The Morgan fingerprint density at radius 1 is 1.15 bits per heavy atom. The molecule has 1 amide bonds. The van der Waals surface area contributed by atoms with Crippen LogP contribution in [0.3, 0.4) is 0 Å². The van der Waals surface area contributed by atoms with Crippen molar-refractivity contribution in [3.63, 3.8) is 0 Å². The van der Waals surface area contributed by atoms with Gasteiger partial charge in [0.05, 0.1) is 0 Å². The Morgan fingerprint density at radius 3 is 2.59 bits per heavy atom. The first-order valence-corrected chi connectivity index (χ1v) is 11.2. The Labute approximate surface area is 201 Å². The number of aliphatic carboxylic acids is 1. The molecule has 0 heterocycles. The maximum absolute atomic E-state index is 12.7. The van der Waals surface area contributed by atoms with Gasteiger partial charge in [0, 0.05) is 13.0 Å². The summed E-state index contributed by atoms with van der Waals surface area (Å²) < 4.78 is 11.7.